The lowest BCUT2D eigenvalue weighted by molar-refractivity contribution is -0.116. The molecule has 1 aromatic rings. The maximum atomic E-state index is 11.7. The van der Waals surface area contributed by atoms with E-state index in [2.05, 4.69) is 5.32 Å². The summed E-state index contributed by atoms with van der Waals surface area (Å²) in [5.41, 5.74) is 7.18. The highest BCUT2D eigenvalue weighted by molar-refractivity contribution is 6.31. The van der Waals surface area contributed by atoms with E-state index >= 15 is 0 Å². The Morgan fingerprint density at radius 2 is 2.24 bits per heavy atom. The van der Waals surface area contributed by atoms with Crippen molar-refractivity contribution in [3.05, 3.63) is 28.8 Å². The van der Waals surface area contributed by atoms with Crippen molar-refractivity contribution in [3.63, 3.8) is 0 Å². The van der Waals surface area contributed by atoms with Crippen molar-refractivity contribution in [2.24, 2.45) is 11.7 Å². The normalized spacial score (nSPS) is 12.2. The van der Waals surface area contributed by atoms with Gasteiger partial charge in [-0.15, -0.1) is 0 Å². The summed E-state index contributed by atoms with van der Waals surface area (Å²) >= 11 is 5.98. The van der Waals surface area contributed by atoms with Gasteiger partial charge in [-0.1, -0.05) is 24.6 Å². The number of benzene rings is 1. The highest BCUT2D eigenvalue weighted by Crippen LogP contribution is 2.23. The zero-order chi connectivity index (χ0) is 12.8. The van der Waals surface area contributed by atoms with E-state index in [-0.39, 0.29) is 5.91 Å². The Balaban J connectivity index is 2.54. The SMILES string of the molecule is Cc1c(Cl)cccc1NC(=O)CCC(C)CN. The smallest absolute Gasteiger partial charge is 0.224 e. The first-order valence-electron chi connectivity index (χ1n) is 5.79. The van der Waals surface area contributed by atoms with E-state index in [4.69, 9.17) is 17.3 Å². The molecule has 3 nitrogen and oxygen atoms in total. The summed E-state index contributed by atoms with van der Waals surface area (Å²) in [5, 5.41) is 3.53. The van der Waals surface area contributed by atoms with Crippen molar-refractivity contribution < 1.29 is 4.79 Å². The number of carbonyl (C=O) groups excluding carboxylic acids is 1. The molecule has 0 aliphatic rings. The van der Waals surface area contributed by atoms with Gasteiger partial charge in [-0.25, -0.2) is 0 Å². The molecule has 0 heterocycles. The minimum Gasteiger partial charge on any atom is -0.330 e. The molecule has 3 N–H and O–H groups in total. The molecule has 4 heteroatoms. The Labute approximate surface area is 107 Å². The van der Waals surface area contributed by atoms with Crippen molar-refractivity contribution in [2.75, 3.05) is 11.9 Å². The molecule has 0 bridgehead atoms. The van der Waals surface area contributed by atoms with Gasteiger partial charge in [0.15, 0.2) is 0 Å². The first-order chi connectivity index (χ1) is 8.04. The Morgan fingerprint density at radius 3 is 2.88 bits per heavy atom. The Morgan fingerprint density at radius 1 is 1.53 bits per heavy atom. The zero-order valence-corrected chi connectivity index (χ0v) is 11.1. The molecular weight excluding hydrogens is 236 g/mol. The first-order valence-corrected chi connectivity index (χ1v) is 6.17. The second kappa shape index (κ2) is 6.62. The van der Waals surface area contributed by atoms with Crippen LogP contribution in [0.2, 0.25) is 5.02 Å². The number of nitrogens with one attached hydrogen (secondary N) is 1. The van der Waals surface area contributed by atoms with Crippen LogP contribution in [0.5, 0.6) is 0 Å². The molecule has 1 aromatic carbocycles. The van der Waals surface area contributed by atoms with Gasteiger partial charge in [-0.2, -0.15) is 0 Å². The molecule has 0 aromatic heterocycles. The third-order valence-corrected chi connectivity index (χ3v) is 3.22. The second-order valence-corrected chi connectivity index (χ2v) is 4.75. The fraction of sp³-hybridized carbons (Fsp3) is 0.462. The van der Waals surface area contributed by atoms with E-state index in [1.165, 1.54) is 0 Å². The van der Waals surface area contributed by atoms with Gasteiger partial charge in [0.25, 0.3) is 0 Å². The van der Waals surface area contributed by atoms with E-state index in [0.717, 1.165) is 17.7 Å². The summed E-state index contributed by atoms with van der Waals surface area (Å²) in [6.07, 6.45) is 1.30. The summed E-state index contributed by atoms with van der Waals surface area (Å²) < 4.78 is 0. The van der Waals surface area contributed by atoms with Crippen LogP contribution in [0.25, 0.3) is 0 Å². The third kappa shape index (κ3) is 4.36. The number of hydrogen-bond donors (Lipinski definition) is 2. The average molecular weight is 255 g/mol. The minimum atomic E-state index is 0.00988. The fourth-order valence-electron chi connectivity index (χ4n) is 1.45. The Kier molecular flexibility index (Phi) is 5.45. The lowest BCUT2D eigenvalue weighted by Gasteiger charge is -2.11. The summed E-state index contributed by atoms with van der Waals surface area (Å²) in [6, 6.07) is 5.49. The minimum absolute atomic E-state index is 0.00988. The van der Waals surface area contributed by atoms with Crippen LogP contribution in [0.4, 0.5) is 5.69 Å². The fourth-order valence-corrected chi connectivity index (χ4v) is 1.63. The van der Waals surface area contributed by atoms with Crippen LogP contribution in [0.3, 0.4) is 0 Å². The Bertz CT molecular complexity index is 393. The molecule has 1 amide bonds. The molecule has 0 radical (unpaired) electrons. The molecule has 0 saturated heterocycles. The van der Waals surface area contributed by atoms with Gasteiger partial charge in [0.05, 0.1) is 0 Å². The van der Waals surface area contributed by atoms with E-state index in [1.54, 1.807) is 0 Å². The topological polar surface area (TPSA) is 55.1 Å². The van der Waals surface area contributed by atoms with Crippen LogP contribution >= 0.6 is 11.6 Å². The van der Waals surface area contributed by atoms with Crippen LogP contribution in [0.1, 0.15) is 25.3 Å². The molecule has 0 aliphatic heterocycles. The summed E-state index contributed by atoms with van der Waals surface area (Å²) in [7, 11) is 0. The highest BCUT2D eigenvalue weighted by Gasteiger charge is 2.08. The van der Waals surface area contributed by atoms with Gasteiger partial charge in [0, 0.05) is 17.1 Å². The predicted octanol–water partition coefficient (Wildman–Crippen LogP) is 2.96. The number of halogens is 1. The molecule has 0 spiro atoms. The third-order valence-electron chi connectivity index (χ3n) is 2.81. The van der Waals surface area contributed by atoms with E-state index in [9.17, 15) is 4.79 Å². The van der Waals surface area contributed by atoms with Crippen LogP contribution in [-0.4, -0.2) is 12.5 Å². The summed E-state index contributed by atoms with van der Waals surface area (Å²) in [5.74, 6) is 0.386. The number of anilines is 1. The van der Waals surface area contributed by atoms with Gasteiger partial charge >= 0.3 is 0 Å². The molecular formula is C13H19ClN2O. The summed E-state index contributed by atoms with van der Waals surface area (Å²) in [4.78, 5) is 11.7. The van der Waals surface area contributed by atoms with Crippen molar-refractivity contribution in [1.29, 1.82) is 0 Å². The standard InChI is InChI=1S/C13H19ClN2O/c1-9(8-15)6-7-13(17)16-12-5-3-4-11(14)10(12)2/h3-5,9H,6-8,15H2,1-2H3,(H,16,17). The van der Waals surface area contributed by atoms with Crippen molar-refractivity contribution in [3.8, 4) is 0 Å². The zero-order valence-electron chi connectivity index (χ0n) is 10.3. The van der Waals surface area contributed by atoms with Crippen LogP contribution in [0, 0.1) is 12.8 Å². The van der Waals surface area contributed by atoms with E-state index < -0.39 is 0 Å². The second-order valence-electron chi connectivity index (χ2n) is 4.34. The van der Waals surface area contributed by atoms with Crippen LogP contribution < -0.4 is 11.1 Å². The largest absolute Gasteiger partial charge is 0.330 e. The molecule has 0 aliphatic carbocycles. The molecule has 17 heavy (non-hydrogen) atoms. The van der Waals surface area contributed by atoms with Crippen molar-refractivity contribution in [2.45, 2.75) is 26.7 Å². The predicted molar refractivity (Wildman–Crippen MR) is 72.3 cm³/mol. The van der Waals surface area contributed by atoms with Crippen LogP contribution in [0.15, 0.2) is 18.2 Å². The molecule has 1 rings (SSSR count). The van der Waals surface area contributed by atoms with Gasteiger partial charge in [0.2, 0.25) is 5.91 Å². The molecule has 0 saturated carbocycles. The first kappa shape index (κ1) is 14.0. The van der Waals surface area contributed by atoms with Crippen molar-refractivity contribution in [1.82, 2.24) is 0 Å². The van der Waals surface area contributed by atoms with Crippen LogP contribution in [-0.2, 0) is 4.79 Å². The quantitative estimate of drug-likeness (QED) is 0.849. The van der Waals surface area contributed by atoms with Gasteiger partial charge < -0.3 is 11.1 Å². The number of rotatable bonds is 5. The number of hydrogen-bond acceptors (Lipinski definition) is 2. The maximum absolute atomic E-state index is 11.7. The van der Waals surface area contributed by atoms with E-state index in [1.807, 2.05) is 32.0 Å². The number of nitrogens with two attached hydrogens (primary N) is 1. The van der Waals surface area contributed by atoms with Gasteiger partial charge in [-0.3, -0.25) is 4.79 Å². The van der Waals surface area contributed by atoms with Crippen molar-refractivity contribution >= 4 is 23.2 Å². The summed E-state index contributed by atoms with van der Waals surface area (Å²) in [6.45, 7) is 4.54. The molecule has 94 valence electrons. The highest BCUT2D eigenvalue weighted by atomic mass is 35.5. The molecule has 1 atom stereocenters. The van der Waals surface area contributed by atoms with Gasteiger partial charge in [0.1, 0.15) is 0 Å². The Hall–Kier alpha value is -1.06. The monoisotopic (exact) mass is 254 g/mol. The number of carbonyl (C=O) groups is 1. The van der Waals surface area contributed by atoms with E-state index in [0.29, 0.717) is 23.9 Å². The van der Waals surface area contributed by atoms with Gasteiger partial charge in [-0.05, 0) is 43.5 Å². The lowest BCUT2D eigenvalue weighted by atomic mass is 10.1. The number of amides is 1. The maximum Gasteiger partial charge on any atom is 0.224 e. The average Bonchev–Trinajstić information content (AvgIpc) is 2.32. The molecule has 0 fully saturated rings. The molecule has 1 unspecified atom stereocenters. The lowest BCUT2D eigenvalue weighted by Crippen LogP contribution is -2.16.